The van der Waals surface area contributed by atoms with Gasteiger partial charge in [-0.25, -0.2) is 0 Å². The van der Waals surface area contributed by atoms with Crippen LogP contribution in [0.3, 0.4) is 0 Å². The molecule has 5 heteroatoms. The molecule has 0 aliphatic rings. The molecule has 15 heavy (non-hydrogen) atoms. The number of ketones is 1. The lowest BCUT2D eigenvalue weighted by atomic mass is 10.1. The summed E-state index contributed by atoms with van der Waals surface area (Å²) in [7, 11) is 0. The molecule has 0 aliphatic carbocycles. The first kappa shape index (κ1) is 12.0. The van der Waals surface area contributed by atoms with Crippen LogP contribution in [-0.2, 0) is 4.79 Å². The van der Waals surface area contributed by atoms with Gasteiger partial charge >= 0.3 is 5.97 Å². The number of carbonyl (C=O) groups excluding carboxylic acids is 2. The molecule has 0 unspecified atom stereocenters. The van der Waals surface area contributed by atoms with E-state index in [-0.39, 0.29) is 23.0 Å². The number of Topliss-reactive ketones (excluding diaryl/α,β-unsaturated/α-hetero) is 1. The summed E-state index contributed by atoms with van der Waals surface area (Å²) in [5.41, 5.74) is 0.254. The van der Waals surface area contributed by atoms with Gasteiger partial charge in [0, 0.05) is 18.0 Å². The zero-order chi connectivity index (χ0) is 11.4. The molecule has 0 aliphatic heterocycles. The van der Waals surface area contributed by atoms with Crippen molar-refractivity contribution in [2.24, 2.45) is 0 Å². The van der Waals surface area contributed by atoms with Gasteiger partial charge in [-0.3, -0.25) is 9.59 Å². The molecule has 0 heterocycles. The highest BCUT2D eigenvalue weighted by Gasteiger charge is 2.13. The van der Waals surface area contributed by atoms with Crippen LogP contribution in [0.2, 0.25) is 5.02 Å². The Kier molecular flexibility index (Phi) is 4.12. The van der Waals surface area contributed by atoms with Crippen molar-refractivity contribution in [3.8, 4) is 5.75 Å². The molecule has 80 valence electrons. The summed E-state index contributed by atoms with van der Waals surface area (Å²) in [6, 6.07) is 4.42. The van der Waals surface area contributed by atoms with Crippen molar-refractivity contribution in [3.63, 3.8) is 0 Å². The van der Waals surface area contributed by atoms with Crippen molar-refractivity contribution in [3.05, 3.63) is 28.8 Å². The standard InChI is InChI=1S/C10H8Cl2O3/c1-6(13)15-10-4-7(12)2-3-8(10)9(14)5-11/h2-4H,5H2,1H3. The van der Waals surface area contributed by atoms with Crippen molar-refractivity contribution >= 4 is 35.0 Å². The van der Waals surface area contributed by atoms with Gasteiger partial charge in [0.2, 0.25) is 0 Å². The van der Waals surface area contributed by atoms with Crippen molar-refractivity contribution in [1.82, 2.24) is 0 Å². The number of hydrogen-bond donors (Lipinski definition) is 0. The van der Waals surface area contributed by atoms with Crippen LogP contribution in [0.5, 0.6) is 5.75 Å². The van der Waals surface area contributed by atoms with Gasteiger partial charge in [0.25, 0.3) is 0 Å². The van der Waals surface area contributed by atoms with E-state index in [1.165, 1.54) is 25.1 Å². The molecule has 0 aromatic heterocycles. The zero-order valence-electron chi connectivity index (χ0n) is 7.92. The first-order chi connectivity index (χ1) is 7.04. The lowest BCUT2D eigenvalue weighted by Gasteiger charge is -2.06. The molecule has 0 saturated carbocycles. The Bertz CT molecular complexity index is 402. The molecule has 0 spiro atoms. The summed E-state index contributed by atoms with van der Waals surface area (Å²) in [5, 5.41) is 0.386. The monoisotopic (exact) mass is 246 g/mol. The summed E-state index contributed by atoms with van der Waals surface area (Å²) in [6.45, 7) is 1.25. The molecular weight excluding hydrogens is 239 g/mol. The Morgan fingerprint density at radius 3 is 2.60 bits per heavy atom. The minimum Gasteiger partial charge on any atom is -0.426 e. The second kappa shape index (κ2) is 5.14. The summed E-state index contributed by atoms with van der Waals surface area (Å²) < 4.78 is 4.85. The zero-order valence-corrected chi connectivity index (χ0v) is 9.43. The topological polar surface area (TPSA) is 43.4 Å². The van der Waals surface area contributed by atoms with Crippen LogP contribution in [0.4, 0.5) is 0 Å². The number of hydrogen-bond acceptors (Lipinski definition) is 3. The summed E-state index contributed by atoms with van der Waals surface area (Å²) in [5.74, 6) is -0.860. The quantitative estimate of drug-likeness (QED) is 0.357. The molecule has 0 radical (unpaired) electrons. The number of rotatable bonds is 3. The van der Waals surface area contributed by atoms with E-state index in [1.807, 2.05) is 0 Å². The average Bonchev–Trinajstić information content (AvgIpc) is 2.16. The van der Waals surface area contributed by atoms with Gasteiger partial charge in [-0.05, 0) is 12.1 Å². The Labute approximate surface area is 96.9 Å². The van der Waals surface area contributed by atoms with E-state index < -0.39 is 5.97 Å². The number of ether oxygens (including phenoxy) is 1. The summed E-state index contributed by atoms with van der Waals surface area (Å²) in [4.78, 5) is 22.1. The molecule has 0 bridgehead atoms. The molecule has 1 aromatic carbocycles. The average molecular weight is 247 g/mol. The predicted octanol–water partition coefficient (Wildman–Crippen LogP) is 2.69. The second-order valence-electron chi connectivity index (χ2n) is 2.79. The molecule has 0 amide bonds. The van der Waals surface area contributed by atoms with Crippen LogP contribution < -0.4 is 4.74 Å². The van der Waals surface area contributed by atoms with Crippen molar-refractivity contribution < 1.29 is 14.3 Å². The normalized spacial score (nSPS) is 9.80. The van der Waals surface area contributed by atoms with Gasteiger partial charge in [-0.15, -0.1) is 11.6 Å². The number of esters is 1. The SMILES string of the molecule is CC(=O)Oc1cc(Cl)ccc1C(=O)CCl. The number of carbonyl (C=O) groups is 2. The highest BCUT2D eigenvalue weighted by atomic mass is 35.5. The maximum absolute atomic E-state index is 11.4. The lowest BCUT2D eigenvalue weighted by molar-refractivity contribution is -0.131. The predicted molar refractivity (Wildman–Crippen MR) is 57.8 cm³/mol. The molecule has 1 rings (SSSR count). The molecule has 0 saturated heterocycles. The fourth-order valence-electron chi connectivity index (χ4n) is 1.04. The third kappa shape index (κ3) is 3.22. The first-order valence-electron chi connectivity index (χ1n) is 4.11. The van der Waals surface area contributed by atoms with Gasteiger partial charge < -0.3 is 4.74 Å². The molecule has 3 nitrogen and oxygen atoms in total. The summed E-state index contributed by atoms with van der Waals surface area (Å²) >= 11 is 11.1. The molecule has 0 atom stereocenters. The fraction of sp³-hybridized carbons (Fsp3) is 0.200. The maximum Gasteiger partial charge on any atom is 0.308 e. The highest BCUT2D eigenvalue weighted by Crippen LogP contribution is 2.24. The number of alkyl halides is 1. The van der Waals surface area contributed by atoms with E-state index in [4.69, 9.17) is 27.9 Å². The van der Waals surface area contributed by atoms with E-state index in [9.17, 15) is 9.59 Å². The van der Waals surface area contributed by atoms with E-state index in [0.717, 1.165) is 0 Å². The minimum absolute atomic E-state index is 0.139. The minimum atomic E-state index is -0.513. The van der Waals surface area contributed by atoms with Crippen LogP contribution in [0.1, 0.15) is 17.3 Å². The van der Waals surface area contributed by atoms with Crippen LogP contribution >= 0.6 is 23.2 Å². The van der Waals surface area contributed by atoms with Gasteiger partial charge in [-0.2, -0.15) is 0 Å². The van der Waals surface area contributed by atoms with E-state index in [1.54, 1.807) is 0 Å². The van der Waals surface area contributed by atoms with Gasteiger partial charge in [0.15, 0.2) is 5.78 Å². The maximum atomic E-state index is 11.4. The lowest BCUT2D eigenvalue weighted by Crippen LogP contribution is -2.08. The fourth-order valence-corrected chi connectivity index (χ4v) is 1.34. The van der Waals surface area contributed by atoms with Gasteiger partial charge in [0.1, 0.15) is 5.75 Å². The summed E-state index contributed by atoms with van der Waals surface area (Å²) in [6.07, 6.45) is 0. The third-order valence-corrected chi connectivity index (χ3v) is 2.10. The van der Waals surface area contributed by atoms with Crippen molar-refractivity contribution in [1.29, 1.82) is 0 Å². The van der Waals surface area contributed by atoms with Crippen LogP contribution in [0.15, 0.2) is 18.2 Å². The van der Waals surface area contributed by atoms with Gasteiger partial charge in [0.05, 0.1) is 11.4 Å². The third-order valence-electron chi connectivity index (χ3n) is 1.62. The van der Waals surface area contributed by atoms with Crippen LogP contribution in [0.25, 0.3) is 0 Å². The van der Waals surface area contributed by atoms with Gasteiger partial charge in [-0.1, -0.05) is 11.6 Å². The van der Waals surface area contributed by atoms with Crippen LogP contribution in [0, 0.1) is 0 Å². The Hall–Kier alpha value is -1.06. The molecule has 0 N–H and O–H groups in total. The molecule has 1 aromatic rings. The highest BCUT2D eigenvalue weighted by molar-refractivity contribution is 6.32. The van der Waals surface area contributed by atoms with E-state index in [2.05, 4.69) is 0 Å². The number of halogens is 2. The first-order valence-corrected chi connectivity index (χ1v) is 5.03. The Morgan fingerprint density at radius 2 is 2.07 bits per heavy atom. The van der Waals surface area contributed by atoms with E-state index in [0.29, 0.717) is 5.02 Å². The molecular formula is C10H8Cl2O3. The second-order valence-corrected chi connectivity index (χ2v) is 3.49. The largest absolute Gasteiger partial charge is 0.426 e. The van der Waals surface area contributed by atoms with Crippen LogP contribution in [-0.4, -0.2) is 17.6 Å². The smallest absolute Gasteiger partial charge is 0.308 e. The van der Waals surface area contributed by atoms with Crippen molar-refractivity contribution in [2.75, 3.05) is 5.88 Å². The van der Waals surface area contributed by atoms with Crippen molar-refractivity contribution in [2.45, 2.75) is 6.92 Å². The Morgan fingerprint density at radius 1 is 1.40 bits per heavy atom. The number of benzene rings is 1. The molecule has 0 fully saturated rings. The Balaban J connectivity index is 3.13. The van der Waals surface area contributed by atoms with E-state index >= 15 is 0 Å².